The molecule has 0 aromatic heterocycles. The molecule has 0 aliphatic carbocycles. The van der Waals surface area contributed by atoms with Gasteiger partial charge in [0.25, 0.3) is 0 Å². The first-order valence-corrected chi connectivity index (χ1v) is 3.87. The van der Waals surface area contributed by atoms with Gasteiger partial charge in [-0.1, -0.05) is 13.8 Å². The molecule has 60 valence electrons. The number of hydrogen-bond acceptors (Lipinski definition) is 2. The molecule has 1 N–H and O–H groups in total. The van der Waals surface area contributed by atoms with Crippen LogP contribution in [0.3, 0.4) is 0 Å². The van der Waals surface area contributed by atoms with E-state index in [-0.39, 0.29) is 0 Å². The van der Waals surface area contributed by atoms with Crippen LogP contribution in [0.1, 0.15) is 20.3 Å². The van der Waals surface area contributed by atoms with Gasteiger partial charge in [0, 0.05) is 13.2 Å². The summed E-state index contributed by atoms with van der Waals surface area (Å²) in [7, 11) is 3.72. The van der Waals surface area contributed by atoms with Crippen molar-refractivity contribution in [3.63, 3.8) is 0 Å². The predicted molar refractivity (Wildman–Crippen MR) is 46.8 cm³/mol. The van der Waals surface area contributed by atoms with Crippen LogP contribution in [0.2, 0.25) is 0 Å². The Kier molecular flexibility index (Phi) is 5.74. The fourth-order valence-electron chi connectivity index (χ4n) is 1.04. The summed E-state index contributed by atoms with van der Waals surface area (Å²) in [5.74, 6) is 0.743. The van der Waals surface area contributed by atoms with Gasteiger partial charge in [-0.3, -0.25) is 0 Å². The maximum atomic E-state index is 5.03. The molecule has 0 bridgehead atoms. The molecule has 0 unspecified atom stereocenters. The van der Waals surface area contributed by atoms with Crippen molar-refractivity contribution in [1.29, 1.82) is 0 Å². The molecule has 0 spiro atoms. The van der Waals surface area contributed by atoms with Crippen LogP contribution < -0.4 is 5.23 Å². The molecule has 0 saturated heterocycles. The van der Waals surface area contributed by atoms with E-state index >= 15 is 0 Å². The van der Waals surface area contributed by atoms with E-state index in [0.717, 1.165) is 12.5 Å². The zero-order valence-corrected chi connectivity index (χ0v) is 7.48. The Balaban J connectivity index is 3.39. The van der Waals surface area contributed by atoms with Crippen LogP contribution in [-0.2, 0) is 4.74 Å². The quantitative estimate of drug-likeness (QED) is 0.554. The molecule has 1 atom stereocenters. The molecule has 3 heteroatoms. The Morgan fingerprint density at radius 1 is 1.50 bits per heavy atom. The van der Waals surface area contributed by atoms with E-state index < -0.39 is 0 Å². The summed E-state index contributed by atoms with van der Waals surface area (Å²) in [6.45, 7) is 5.26. The molecule has 0 saturated carbocycles. The molecule has 10 heavy (non-hydrogen) atoms. The van der Waals surface area contributed by atoms with Gasteiger partial charge in [-0.05, 0) is 12.3 Å². The van der Waals surface area contributed by atoms with Crippen molar-refractivity contribution in [3.05, 3.63) is 0 Å². The minimum atomic E-state index is 0.519. The summed E-state index contributed by atoms with van der Waals surface area (Å²) in [5, 5.41) is 3.21. The highest BCUT2D eigenvalue weighted by molar-refractivity contribution is 6.04. The smallest absolute Gasteiger partial charge is 0.182 e. The van der Waals surface area contributed by atoms with Crippen molar-refractivity contribution in [2.75, 3.05) is 13.7 Å². The van der Waals surface area contributed by atoms with Crippen molar-refractivity contribution >= 4 is 7.98 Å². The lowest BCUT2D eigenvalue weighted by Crippen LogP contribution is -2.32. The SMILES string of the molecule is BN[C@H](COC)CC(C)C. The molecule has 0 rings (SSSR count). The summed E-state index contributed by atoms with van der Waals surface area (Å²) < 4.78 is 5.03. The highest BCUT2D eigenvalue weighted by Gasteiger charge is 2.06. The Hall–Kier alpha value is -0.0151. The Morgan fingerprint density at radius 3 is 2.40 bits per heavy atom. The normalized spacial score (nSPS) is 14.0. The van der Waals surface area contributed by atoms with Crippen LogP contribution in [0, 0.1) is 5.92 Å². The van der Waals surface area contributed by atoms with Gasteiger partial charge in [0.1, 0.15) is 0 Å². The largest absolute Gasteiger partial charge is 0.383 e. The summed E-state index contributed by atoms with van der Waals surface area (Å²) in [6.07, 6.45) is 1.18. The van der Waals surface area contributed by atoms with Crippen LogP contribution in [-0.4, -0.2) is 27.7 Å². The molecule has 0 amide bonds. The minimum Gasteiger partial charge on any atom is -0.383 e. The standard InChI is InChI=1S/C7H18BNO/c1-6(2)4-7(9-8)5-10-3/h6-7,9H,4-5,8H2,1-3H3/t7-/m0/s1. The lowest BCUT2D eigenvalue weighted by molar-refractivity contribution is 0.166. The molecule has 0 aromatic carbocycles. The van der Waals surface area contributed by atoms with Gasteiger partial charge in [0.2, 0.25) is 0 Å². The average Bonchev–Trinajstić information content (AvgIpc) is 1.86. The van der Waals surface area contributed by atoms with Gasteiger partial charge < -0.3 is 9.96 Å². The molecule has 0 heterocycles. The lowest BCUT2D eigenvalue weighted by atomic mass is 10.0. The number of ether oxygens (including phenoxy) is 1. The summed E-state index contributed by atoms with van der Waals surface area (Å²) in [5.41, 5.74) is 0. The summed E-state index contributed by atoms with van der Waals surface area (Å²) in [4.78, 5) is 0. The van der Waals surface area contributed by atoms with E-state index in [0.29, 0.717) is 6.04 Å². The first kappa shape index (κ1) is 9.98. The predicted octanol–water partition coefficient (Wildman–Crippen LogP) is 0.185. The molecule has 0 aromatic rings. The fraction of sp³-hybridized carbons (Fsp3) is 1.00. The molecule has 0 aliphatic heterocycles. The van der Waals surface area contributed by atoms with Crippen molar-refractivity contribution < 1.29 is 4.74 Å². The maximum Gasteiger partial charge on any atom is 0.182 e. The van der Waals surface area contributed by atoms with Crippen LogP contribution in [0.15, 0.2) is 0 Å². The van der Waals surface area contributed by atoms with E-state index in [1.165, 1.54) is 6.42 Å². The van der Waals surface area contributed by atoms with Gasteiger partial charge in [0.15, 0.2) is 7.98 Å². The van der Waals surface area contributed by atoms with Gasteiger partial charge in [0.05, 0.1) is 6.61 Å². The second-order valence-electron chi connectivity index (χ2n) is 3.07. The average molecular weight is 143 g/mol. The van der Waals surface area contributed by atoms with Crippen LogP contribution in [0.25, 0.3) is 0 Å². The molecule has 2 nitrogen and oxygen atoms in total. The van der Waals surface area contributed by atoms with Gasteiger partial charge in [-0.2, -0.15) is 0 Å². The van der Waals surface area contributed by atoms with Gasteiger partial charge in [-0.25, -0.2) is 0 Å². The highest BCUT2D eigenvalue weighted by atomic mass is 16.5. The molecule has 0 radical (unpaired) electrons. The second kappa shape index (κ2) is 5.75. The number of nitrogens with one attached hydrogen (secondary N) is 1. The van der Waals surface area contributed by atoms with Crippen LogP contribution in [0.5, 0.6) is 0 Å². The van der Waals surface area contributed by atoms with Crippen molar-refractivity contribution in [3.8, 4) is 0 Å². The van der Waals surface area contributed by atoms with Gasteiger partial charge in [-0.15, -0.1) is 0 Å². The number of rotatable bonds is 5. The Bertz CT molecular complexity index is 78.0. The van der Waals surface area contributed by atoms with E-state index in [9.17, 15) is 0 Å². The van der Waals surface area contributed by atoms with Crippen molar-refractivity contribution in [1.82, 2.24) is 5.23 Å². The second-order valence-corrected chi connectivity index (χ2v) is 3.07. The van der Waals surface area contributed by atoms with E-state index in [1.807, 2.05) is 7.98 Å². The first-order chi connectivity index (χ1) is 4.70. The van der Waals surface area contributed by atoms with Crippen LogP contribution >= 0.6 is 0 Å². The molecule has 0 fully saturated rings. The lowest BCUT2D eigenvalue weighted by Gasteiger charge is -2.16. The van der Waals surface area contributed by atoms with Crippen molar-refractivity contribution in [2.45, 2.75) is 26.3 Å². The molecule has 0 aliphatic rings. The third-order valence-corrected chi connectivity index (χ3v) is 1.53. The first-order valence-electron chi connectivity index (χ1n) is 3.87. The van der Waals surface area contributed by atoms with E-state index in [1.54, 1.807) is 7.11 Å². The zero-order chi connectivity index (χ0) is 7.98. The monoisotopic (exact) mass is 143 g/mol. The molecular weight excluding hydrogens is 125 g/mol. The van der Waals surface area contributed by atoms with Crippen molar-refractivity contribution in [2.24, 2.45) is 5.92 Å². The highest BCUT2D eigenvalue weighted by Crippen LogP contribution is 2.03. The van der Waals surface area contributed by atoms with Gasteiger partial charge >= 0.3 is 0 Å². The number of hydrogen-bond donors (Lipinski definition) is 1. The summed E-state index contributed by atoms with van der Waals surface area (Å²) in [6, 6.07) is 0.519. The topological polar surface area (TPSA) is 21.3 Å². The zero-order valence-electron chi connectivity index (χ0n) is 7.48. The summed E-state index contributed by atoms with van der Waals surface area (Å²) >= 11 is 0. The molecular formula is C7H18BNO. The third kappa shape index (κ3) is 4.83. The van der Waals surface area contributed by atoms with Crippen LogP contribution in [0.4, 0.5) is 0 Å². The Labute approximate surface area is 64.8 Å². The fourth-order valence-corrected chi connectivity index (χ4v) is 1.04. The minimum absolute atomic E-state index is 0.519. The van der Waals surface area contributed by atoms with E-state index in [4.69, 9.17) is 4.74 Å². The third-order valence-electron chi connectivity index (χ3n) is 1.53. The number of methoxy groups -OCH3 is 1. The van der Waals surface area contributed by atoms with E-state index in [2.05, 4.69) is 19.1 Å². The maximum absolute atomic E-state index is 5.03. The Morgan fingerprint density at radius 2 is 2.10 bits per heavy atom.